The number of benzene rings is 4. The standard InChI is InChI=1S/C9H6N5.3C6H5.Sn/c10-6-13-9(12)14(7-11)8-4-2-1-3-5-8;3*1-2-4-6-5-3-1;/h1-5,12H;3*1-5H;/q-1;;;;+1. The molecule has 5 nitrogen and oxygen atoms in total. The normalized spacial score (nSPS) is 9.30. The van der Waals surface area contributed by atoms with Gasteiger partial charge in [0.25, 0.3) is 0 Å². The van der Waals surface area contributed by atoms with E-state index in [9.17, 15) is 0 Å². The van der Waals surface area contributed by atoms with Crippen molar-refractivity contribution in [3.05, 3.63) is 127 Å². The van der Waals surface area contributed by atoms with Crippen molar-refractivity contribution in [2.24, 2.45) is 4.99 Å². The number of rotatable bonds is 4. The Labute approximate surface area is 201 Å². The number of anilines is 1. The quantitative estimate of drug-likeness (QED) is 0.142. The van der Waals surface area contributed by atoms with Gasteiger partial charge in [0.2, 0.25) is 0 Å². The molecule has 4 aromatic carbocycles. The molecule has 4 aromatic rings. The van der Waals surface area contributed by atoms with Gasteiger partial charge in [-0.2, -0.15) is 5.26 Å². The first-order valence-corrected chi connectivity index (χ1v) is 14.5. The number of guanidine groups is 1. The van der Waals surface area contributed by atoms with E-state index in [2.05, 4.69) is 96.0 Å². The van der Waals surface area contributed by atoms with Crippen LogP contribution in [0.5, 0.6) is 0 Å². The summed E-state index contributed by atoms with van der Waals surface area (Å²) in [5.74, 6) is -0.388. The summed E-state index contributed by atoms with van der Waals surface area (Å²) in [4.78, 5) is 4.13. The molecule has 0 fully saturated rings. The van der Waals surface area contributed by atoms with Crippen molar-refractivity contribution < 1.29 is 0 Å². The fraction of sp³-hybridized carbons (Fsp3) is 0. The topological polar surface area (TPSA) is 85.5 Å². The third kappa shape index (κ3) is 6.75. The van der Waals surface area contributed by atoms with Gasteiger partial charge in [-0.25, -0.2) is 4.90 Å². The third-order valence-corrected chi connectivity index (χ3v) is 12.5. The fourth-order valence-electron chi connectivity index (χ4n) is 3.22. The summed E-state index contributed by atoms with van der Waals surface area (Å²) >= 11 is -1.98. The molecule has 158 valence electrons. The minimum absolute atomic E-state index is 0.388. The van der Waals surface area contributed by atoms with Crippen LogP contribution >= 0.6 is 0 Å². The average Bonchev–Trinajstić information content (AvgIpc) is 2.88. The first-order valence-electron chi connectivity index (χ1n) is 10.2. The van der Waals surface area contributed by atoms with Crippen LogP contribution in [0.2, 0.25) is 0 Å². The number of para-hydroxylation sites is 1. The van der Waals surface area contributed by atoms with Crippen LogP contribution in [0.3, 0.4) is 0 Å². The van der Waals surface area contributed by atoms with Crippen molar-refractivity contribution in [2.45, 2.75) is 0 Å². The molecule has 0 heterocycles. The number of nitrogens with one attached hydrogen (secondary N) is 1. The van der Waals surface area contributed by atoms with Crippen molar-refractivity contribution in [3.63, 3.8) is 0 Å². The van der Waals surface area contributed by atoms with Gasteiger partial charge in [-0.05, 0) is 12.1 Å². The van der Waals surface area contributed by atoms with E-state index in [1.165, 1.54) is 16.7 Å². The predicted molar refractivity (Wildman–Crippen MR) is 137 cm³/mol. The Hall–Kier alpha value is -3.98. The van der Waals surface area contributed by atoms with Crippen LogP contribution in [0.15, 0.2) is 126 Å². The number of hydrogen-bond acceptors (Lipinski definition) is 2. The maximum atomic E-state index is 8.74. The number of hydrogen-bond donors (Lipinski definition) is 1. The van der Waals surface area contributed by atoms with Gasteiger partial charge in [0.1, 0.15) is 5.96 Å². The van der Waals surface area contributed by atoms with E-state index in [-0.39, 0.29) is 5.96 Å². The van der Waals surface area contributed by atoms with Gasteiger partial charge in [-0.1, -0.05) is 18.2 Å². The summed E-state index contributed by atoms with van der Waals surface area (Å²) in [5, 5.41) is 24.3. The molecule has 33 heavy (non-hydrogen) atoms. The molecule has 1 N–H and O–H groups in total. The zero-order valence-corrected chi connectivity index (χ0v) is 20.7. The molecule has 0 spiro atoms. The Kier molecular flexibility index (Phi) is 9.16. The zero-order valence-electron chi connectivity index (χ0n) is 17.8. The summed E-state index contributed by atoms with van der Waals surface area (Å²) in [6, 6.07) is 43.0. The average molecular weight is 534 g/mol. The second-order valence-corrected chi connectivity index (χ2v) is 13.9. The summed E-state index contributed by atoms with van der Waals surface area (Å²) in [7, 11) is 0. The van der Waals surface area contributed by atoms with Gasteiger partial charge >= 0.3 is 121 Å². The van der Waals surface area contributed by atoms with Gasteiger partial charge < -0.3 is 10.4 Å². The van der Waals surface area contributed by atoms with Crippen molar-refractivity contribution in [3.8, 4) is 6.19 Å². The van der Waals surface area contributed by atoms with E-state index >= 15 is 0 Å². The Morgan fingerprint density at radius 3 is 1.39 bits per heavy atom. The molecule has 0 saturated heterocycles. The predicted octanol–water partition coefficient (Wildman–Crippen LogP) is 3.85. The van der Waals surface area contributed by atoms with Gasteiger partial charge in [0, 0.05) is 0 Å². The van der Waals surface area contributed by atoms with Crippen molar-refractivity contribution in [2.75, 3.05) is 4.90 Å². The zero-order chi connectivity index (χ0) is 23.3. The van der Waals surface area contributed by atoms with Crippen LogP contribution in [0.1, 0.15) is 0 Å². The van der Waals surface area contributed by atoms with E-state index in [0.29, 0.717) is 5.69 Å². The van der Waals surface area contributed by atoms with E-state index < -0.39 is 19.8 Å². The molecule has 0 saturated carbocycles. The maximum absolute atomic E-state index is 8.74. The van der Waals surface area contributed by atoms with Crippen LogP contribution in [-0.2, 0) is 0 Å². The third-order valence-electron chi connectivity index (χ3n) is 4.67. The molecule has 0 aliphatic rings. The van der Waals surface area contributed by atoms with Gasteiger partial charge in [-0.15, -0.1) is 6.01 Å². The Balaban J connectivity index is 0.000000196. The summed E-state index contributed by atoms with van der Waals surface area (Å²) < 4.78 is 4.59. The van der Waals surface area contributed by atoms with E-state index in [0.717, 1.165) is 4.90 Å². The fourth-order valence-corrected chi connectivity index (χ4v) is 10.6. The SMILES string of the molecule is N#CN(C(=N)N=C=[N-])c1ccccc1.c1cc[c]([Sn+]([c]2ccccc2)[c]2ccccc2)cc1. The summed E-state index contributed by atoms with van der Waals surface area (Å²) in [6.07, 6.45) is 1.77. The second-order valence-electron chi connectivity index (χ2n) is 6.78. The molecule has 0 unspecified atom stereocenters. The van der Waals surface area contributed by atoms with E-state index in [1.807, 2.05) is 0 Å². The molecule has 0 atom stereocenters. The van der Waals surface area contributed by atoms with Gasteiger partial charge in [-0.3, -0.25) is 5.41 Å². The van der Waals surface area contributed by atoms with E-state index in [1.54, 1.807) is 36.5 Å². The molecule has 0 bridgehead atoms. The molecule has 0 amide bonds. The number of nitrogens with zero attached hydrogens (tertiary/aromatic N) is 4. The summed E-state index contributed by atoms with van der Waals surface area (Å²) in [6.45, 7) is 0. The number of aliphatic imine (C=N–C) groups is 1. The van der Waals surface area contributed by atoms with Crippen molar-refractivity contribution >= 4 is 48.2 Å². The van der Waals surface area contributed by atoms with Crippen molar-refractivity contribution in [1.29, 1.82) is 10.7 Å². The Morgan fingerprint density at radius 1 is 0.697 bits per heavy atom. The molecule has 6 heteroatoms. The number of nitriles is 1. The molecular weight excluding hydrogens is 513 g/mol. The van der Waals surface area contributed by atoms with Crippen molar-refractivity contribution in [1.82, 2.24) is 0 Å². The Morgan fingerprint density at radius 2 is 1.06 bits per heavy atom. The van der Waals surface area contributed by atoms with Crippen LogP contribution in [0.4, 0.5) is 5.69 Å². The molecule has 0 aliphatic heterocycles. The first-order chi connectivity index (χ1) is 16.2. The van der Waals surface area contributed by atoms with Crippen LogP contribution in [0.25, 0.3) is 5.41 Å². The first kappa shape index (κ1) is 23.7. The molecule has 0 radical (unpaired) electrons. The van der Waals surface area contributed by atoms with Crippen LogP contribution in [-0.4, -0.2) is 31.7 Å². The van der Waals surface area contributed by atoms with Gasteiger partial charge in [0.05, 0.1) is 5.69 Å². The van der Waals surface area contributed by atoms with Crippen LogP contribution in [0, 0.1) is 16.9 Å². The van der Waals surface area contributed by atoms with Crippen LogP contribution < -0.4 is 15.6 Å². The van der Waals surface area contributed by atoms with Gasteiger partial charge in [0.15, 0.2) is 6.19 Å². The monoisotopic (exact) mass is 535 g/mol. The molecule has 0 aromatic heterocycles. The molecule has 4 rings (SSSR count). The summed E-state index contributed by atoms with van der Waals surface area (Å²) in [5.41, 5.74) is 0.513. The molecular formula is C27H21N5Sn. The Bertz CT molecular complexity index is 1140. The minimum atomic E-state index is -1.98. The molecule has 0 aliphatic carbocycles. The van der Waals surface area contributed by atoms with E-state index in [4.69, 9.17) is 16.1 Å². The second kappa shape index (κ2) is 12.8.